The average Bonchev–Trinajstić information content (AvgIpc) is 2.68. The normalized spacial score (nSPS) is 18.7. The zero-order valence-corrected chi connectivity index (χ0v) is 9.33. The minimum Gasteiger partial charge on any atom is -0.481 e. The van der Waals surface area contributed by atoms with Crippen LogP contribution in [-0.4, -0.2) is 18.4 Å². The van der Waals surface area contributed by atoms with E-state index in [9.17, 15) is 4.79 Å². The van der Waals surface area contributed by atoms with E-state index in [-0.39, 0.29) is 5.92 Å². The standard InChI is InChI=1S/C12H15NO2/c1-7-10-4-9(6-14)5-11(10)8(2)13-12(7)15-3/h6,9H,4-5H2,1-3H3. The molecule has 1 heterocycles. The maximum absolute atomic E-state index is 10.8. The number of ether oxygens (including phenoxy) is 1. The number of fused-ring (bicyclic) bond motifs is 1. The van der Waals surface area contributed by atoms with E-state index in [0.717, 1.165) is 30.4 Å². The van der Waals surface area contributed by atoms with Crippen LogP contribution in [0.5, 0.6) is 5.88 Å². The third-order valence-electron chi connectivity index (χ3n) is 3.16. The Balaban J connectivity index is 2.53. The monoisotopic (exact) mass is 205 g/mol. The van der Waals surface area contributed by atoms with E-state index in [4.69, 9.17) is 4.74 Å². The van der Waals surface area contributed by atoms with Gasteiger partial charge in [0.2, 0.25) is 5.88 Å². The molecule has 1 aliphatic rings. The first-order chi connectivity index (χ1) is 7.17. The summed E-state index contributed by atoms with van der Waals surface area (Å²) >= 11 is 0. The van der Waals surface area contributed by atoms with Gasteiger partial charge in [-0.05, 0) is 37.8 Å². The molecule has 80 valence electrons. The Kier molecular flexibility index (Phi) is 2.47. The number of methoxy groups -OCH3 is 1. The van der Waals surface area contributed by atoms with Gasteiger partial charge in [-0.3, -0.25) is 0 Å². The Morgan fingerprint density at radius 1 is 1.33 bits per heavy atom. The zero-order valence-electron chi connectivity index (χ0n) is 9.33. The van der Waals surface area contributed by atoms with Crippen molar-refractivity contribution in [3.05, 3.63) is 22.4 Å². The number of nitrogens with zero attached hydrogens (tertiary/aromatic N) is 1. The van der Waals surface area contributed by atoms with Crippen molar-refractivity contribution in [1.82, 2.24) is 4.98 Å². The van der Waals surface area contributed by atoms with Gasteiger partial charge >= 0.3 is 0 Å². The van der Waals surface area contributed by atoms with E-state index in [1.165, 1.54) is 11.1 Å². The summed E-state index contributed by atoms with van der Waals surface area (Å²) in [6.07, 6.45) is 2.72. The van der Waals surface area contributed by atoms with Crippen molar-refractivity contribution in [2.24, 2.45) is 5.92 Å². The highest BCUT2D eigenvalue weighted by Gasteiger charge is 2.26. The van der Waals surface area contributed by atoms with Crippen molar-refractivity contribution in [1.29, 1.82) is 0 Å². The van der Waals surface area contributed by atoms with Crippen LogP contribution in [0.1, 0.15) is 22.4 Å². The van der Waals surface area contributed by atoms with E-state index in [2.05, 4.69) is 4.98 Å². The summed E-state index contributed by atoms with van der Waals surface area (Å²) in [6.45, 7) is 3.99. The lowest BCUT2D eigenvalue weighted by atomic mass is 10.0. The molecule has 0 aromatic carbocycles. The van der Waals surface area contributed by atoms with Crippen LogP contribution in [0.4, 0.5) is 0 Å². The number of hydrogen-bond donors (Lipinski definition) is 0. The molecule has 1 aromatic rings. The van der Waals surface area contributed by atoms with Gasteiger partial charge in [0.15, 0.2) is 0 Å². The molecule has 3 heteroatoms. The minimum absolute atomic E-state index is 0.131. The molecule has 0 saturated heterocycles. The fourth-order valence-corrected chi connectivity index (χ4v) is 2.32. The predicted octanol–water partition coefficient (Wildman–Crippen LogP) is 1.62. The van der Waals surface area contributed by atoms with E-state index in [1.807, 2.05) is 13.8 Å². The van der Waals surface area contributed by atoms with Crippen molar-refractivity contribution >= 4 is 6.29 Å². The number of carbonyl (C=O) groups is 1. The van der Waals surface area contributed by atoms with Crippen molar-refractivity contribution in [2.75, 3.05) is 7.11 Å². The van der Waals surface area contributed by atoms with Gasteiger partial charge in [-0.25, -0.2) is 4.98 Å². The molecular weight excluding hydrogens is 190 g/mol. The number of aromatic nitrogens is 1. The summed E-state index contributed by atoms with van der Waals surface area (Å²) in [5.74, 6) is 0.823. The van der Waals surface area contributed by atoms with Crippen molar-refractivity contribution in [3.63, 3.8) is 0 Å². The second-order valence-electron chi connectivity index (χ2n) is 4.09. The van der Waals surface area contributed by atoms with Crippen molar-refractivity contribution in [2.45, 2.75) is 26.7 Å². The van der Waals surface area contributed by atoms with E-state index in [1.54, 1.807) is 7.11 Å². The summed E-state index contributed by atoms with van der Waals surface area (Å²) < 4.78 is 5.22. The average molecular weight is 205 g/mol. The van der Waals surface area contributed by atoms with Crippen LogP contribution in [0.2, 0.25) is 0 Å². The molecule has 15 heavy (non-hydrogen) atoms. The van der Waals surface area contributed by atoms with Crippen LogP contribution in [0, 0.1) is 19.8 Å². The van der Waals surface area contributed by atoms with Crippen molar-refractivity contribution in [3.8, 4) is 5.88 Å². The number of aldehydes is 1. The molecule has 1 aromatic heterocycles. The Morgan fingerprint density at radius 2 is 2.00 bits per heavy atom. The molecule has 0 spiro atoms. The van der Waals surface area contributed by atoms with Crippen LogP contribution in [-0.2, 0) is 17.6 Å². The lowest BCUT2D eigenvalue weighted by molar-refractivity contribution is -0.110. The van der Waals surface area contributed by atoms with Gasteiger partial charge < -0.3 is 9.53 Å². The Labute approximate surface area is 89.5 Å². The molecule has 0 bridgehead atoms. The number of rotatable bonds is 2. The van der Waals surface area contributed by atoms with Crippen LogP contribution < -0.4 is 4.74 Å². The minimum atomic E-state index is 0.131. The topological polar surface area (TPSA) is 39.2 Å². The van der Waals surface area contributed by atoms with Gasteiger partial charge in [0.05, 0.1) is 7.11 Å². The SMILES string of the molecule is COc1nc(C)c2c(c1C)CC(C=O)C2. The van der Waals surface area contributed by atoms with Gasteiger partial charge in [0, 0.05) is 17.2 Å². The number of aryl methyl sites for hydroxylation is 1. The predicted molar refractivity (Wildman–Crippen MR) is 57.2 cm³/mol. The molecule has 3 nitrogen and oxygen atoms in total. The second kappa shape index (κ2) is 3.65. The van der Waals surface area contributed by atoms with Gasteiger partial charge in [0.25, 0.3) is 0 Å². The highest BCUT2D eigenvalue weighted by molar-refractivity contribution is 5.60. The first-order valence-electron chi connectivity index (χ1n) is 5.15. The van der Waals surface area contributed by atoms with E-state index in [0.29, 0.717) is 5.88 Å². The smallest absolute Gasteiger partial charge is 0.216 e. The van der Waals surface area contributed by atoms with Crippen LogP contribution in [0.3, 0.4) is 0 Å². The summed E-state index contributed by atoms with van der Waals surface area (Å²) in [7, 11) is 1.63. The molecule has 0 amide bonds. The maximum Gasteiger partial charge on any atom is 0.216 e. The number of pyridine rings is 1. The summed E-state index contributed by atoms with van der Waals surface area (Å²) in [5.41, 5.74) is 4.58. The number of carbonyl (C=O) groups excluding carboxylic acids is 1. The molecule has 1 aliphatic carbocycles. The molecular formula is C12H15NO2. The molecule has 0 N–H and O–H groups in total. The molecule has 0 fully saturated rings. The Bertz CT molecular complexity index is 413. The fourth-order valence-electron chi connectivity index (χ4n) is 2.32. The van der Waals surface area contributed by atoms with Crippen LogP contribution in [0.15, 0.2) is 0 Å². The summed E-state index contributed by atoms with van der Waals surface area (Å²) in [5, 5.41) is 0. The summed E-state index contributed by atoms with van der Waals surface area (Å²) in [4.78, 5) is 15.2. The van der Waals surface area contributed by atoms with Crippen LogP contribution >= 0.6 is 0 Å². The second-order valence-corrected chi connectivity index (χ2v) is 4.09. The molecule has 0 aliphatic heterocycles. The Hall–Kier alpha value is -1.38. The van der Waals surface area contributed by atoms with E-state index < -0.39 is 0 Å². The number of hydrogen-bond acceptors (Lipinski definition) is 3. The highest BCUT2D eigenvalue weighted by Crippen LogP contribution is 2.33. The largest absolute Gasteiger partial charge is 0.481 e. The molecule has 1 atom stereocenters. The molecule has 2 rings (SSSR count). The lowest BCUT2D eigenvalue weighted by Crippen LogP contribution is -2.00. The molecule has 0 radical (unpaired) electrons. The fraction of sp³-hybridized carbons (Fsp3) is 0.500. The first kappa shape index (κ1) is 10.1. The van der Waals surface area contributed by atoms with Gasteiger partial charge in [-0.15, -0.1) is 0 Å². The lowest BCUT2D eigenvalue weighted by Gasteiger charge is -2.10. The van der Waals surface area contributed by atoms with Crippen molar-refractivity contribution < 1.29 is 9.53 Å². The van der Waals surface area contributed by atoms with Gasteiger partial charge in [0.1, 0.15) is 6.29 Å². The maximum atomic E-state index is 10.8. The van der Waals surface area contributed by atoms with Crippen LogP contribution in [0.25, 0.3) is 0 Å². The van der Waals surface area contributed by atoms with Gasteiger partial charge in [-0.1, -0.05) is 0 Å². The highest BCUT2D eigenvalue weighted by atomic mass is 16.5. The Morgan fingerprint density at radius 3 is 2.60 bits per heavy atom. The molecule has 1 unspecified atom stereocenters. The third-order valence-corrected chi connectivity index (χ3v) is 3.16. The van der Waals surface area contributed by atoms with E-state index >= 15 is 0 Å². The zero-order chi connectivity index (χ0) is 11.0. The third kappa shape index (κ3) is 1.52. The summed E-state index contributed by atoms with van der Waals surface area (Å²) in [6, 6.07) is 0. The quantitative estimate of drug-likeness (QED) is 0.689. The van der Waals surface area contributed by atoms with Gasteiger partial charge in [-0.2, -0.15) is 0 Å². The molecule has 0 saturated carbocycles. The first-order valence-corrected chi connectivity index (χ1v) is 5.15.